The molecule has 0 aliphatic carbocycles. The average Bonchev–Trinajstić information content (AvgIpc) is 3.23. The van der Waals surface area contributed by atoms with Crippen molar-refractivity contribution in [3.8, 4) is 0 Å². The summed E-state index contributed by atoms with van der Waals surface area (Å²) in [6.45, 7) is 5.96. The van der Waals surface area contributed by atoms with E-state index in [1.165, 1.54) is 0 Å². The minimum atomic E-state index is -0.379. The summed E-state index contributed by atoms with van der Waals surface area (Å²) in [7, 11) is 0. The standard InChI is InChI=1S/C26H31N3O3/c1-3-25(32)29-14-11-20-17-21(9-10-23(20)29)24(31)18-28-15-12-26(13-16-28,27-19(2)30)22-7-5-4-6-8-22/h4-10,17H,3,11-16,18H2,1-2H3,(H,27,30). The van der Waals surface area contributed by atoms with Gasteiger partial charge in [-0.1, -0.05) is 37.3 Å². The van der Waals surface area contributed by atoms with Crippen LogP contribution in [0.2, 0.25) is 0 Å². The summed E-state index contributed by atoms with van der Waals surface area (Å²) in [6, 6.07) is 15.8. The summed E-state index contributed by atoms with van der Waals surface area (Å²) in [5.74, 6) is 0.184. The highest BCUT2D eigenvalue weighted by molar-refractivity contribution is 6.00. The van der Waals surface area contributed by atoms with E-state index in [0.29, 0.717) is 25.1 Å². The van der Waals surface area contributed by atoms with Crippen molar-refractivity contribution < 1.29 is 14.4 Å². The fraction of sp³-hybridized carbons (Fsp3) is 0.423. The molecule has 1 saturated heterocycles. The number of Topliss-reactive ketones (excluding diaryl/α,β-unsaturated/α-hetero) is 1. The van der Waals surface area contributed by atoms with Crippen LogP contribution in [0.1, 0.15) is 54.6 Å². The van der Waals surface area contributed by atoms with Gasteiger partial charge < -0.3 is 10.2 Å². The number of ketones is 1. The first-order valence-electron chi connectivity index (χ1n) is 11.4. The number of rotatable bonds is 6. The number of fused-ring (bicyclic) bond motifs is 1. The Labute approximate surface area is 189 Å². The number of nitrogens with zero attached hydrogens (tertiary/aromatic N) is 2. The van der Waals surface area contributed by atoms with Crippen molar-refractivity contribution in [2.24, 2.45) is 0 Å². The molecule has 2 aliphatic heterocycles. The molecule has 0 spiro atoms. The van der Waals surface area contributed by atoms with Crippen LogP contribution in [-0.2, 0) is 21.5 Å². The molecule has 1 fully saturated rings. The lowest BCUT2D eigenvalue weighted by atomic mass is 9.80. The number of amides is 2. The molecule has 6 nitrogen and oxygen atoms in total. The van der Waals surface area contributed by atoms with Crippen molar-refractivity contribution in [1.82, 2.24) is 10.2 Å². The first-order valence-corrected chi connectivity index (χ1v) is 11.4. The lowest BCUT2D eigenvalue weighted by Crippen LogP contribution is -2.53. The van der Waals surface area contributed by atoms with Crippen LogP contribution in [0.5, 0.6) is 0 Å². The van der Waals surface area contributed by atoms with Crippen molar-refractivity contribution >= 4 is 23.3 Å². The smallest absolute Gasteiger partial charge is 0.226 e. The number of likely N-dealkylation sites (tertiary alicyclic amines) is 1. The number of benzene rings is 2. The van der Waals surface area contributed by atoms with Gasteiger partial charge in [0.2, 0.25) is 11.8 Å². The lowest BCUT2D eigenvalue weighted by molar-refractivity contribution is -0.121. The maximum absolute atomic E-state index is 13.0. The molecule has 168 valence electrons. The van der Waals surface area contributed by atoms with E-state index in [1.807, 2.05) is 48.2 Å². The Morgan fingerprint density at radius 2 is 1.72 bits per heavy atom. The average molecular weight is 434 g/mol. The van der Waals surface area contributed by atoms with Crippen molar-refractivity contribution in [3.05, 3.63) is 65.2 Å². The van der Waals surface area contributed by atoms with Crippen molar-refractivity contribution in [2.45, 2.75) is 45.1 Å². The predicted molar refractivity (Wildman–Crippen MR) is 125 cm³/mol. The van der Waals surface area contributed by atoms with Gasteiger partial charge in [0.15, 0.2) is 5.78 Å². The Bertz CT molecular complexity index is 1010. The molecule has 32 heavy (non-hydrogen) atoms. The third-order valence-corrected chi connectivity index (χ3v) is 6.72. The molecule has 2 amide bonds. The molecule has 0 bridgehead atoms. The van der Waals surface area contributed by atoms with Crippen LogP contribution in [0.3, 0.4) is 0 Å². The molecule has 0 aromatic heterocycles. The molecule has 2 heterocycles. The summed E-state index contributed by atoms with van der Waals surface area (Å²) in [6.07, 6.45) is 2.81. The van der Waals surface area contributed by atoms with Crippen LogP contribution in [0, 0.1) is 0 Å². The molecular weight excluding hydrogens is 402 g/mol. The molecule has 2 aromatic rings. The molecule has 1 N–H and O–H groups in total. The third-order valence-electron chi connectivity index (χ3n) is 6.72. The quantitative estimate of drug-likeness (QED) is 0.710. The van der Waals surface area contributed by atoms with Gasteiger partial charge in [0.1, 0.15) is 0 Å². The van der Waals surface area contributed by atoms with E-state index in [1.54, 1.807) is 6.92 Å². The Kier molecular flexibility index (Phi) is 6.42. The first-order chi connectivity index (χ1) is 15.4. The number of nitrogens with one attached hydrogen (secondary N) is 1. The van der Waals surface area contributed by atoms with E-state index >= 15 is 0 Å². The molecule has 2 aromatic carbocycles. The summed E-state index contributed by atoms with van der Waals surface area (Å²) in [5, 5.41) is 3.18. The van der Waals surface area contributed by atoms with Gasteiger partial charge in [0.05, 0.1) is 12.1 Å². The highest BCUT2D eigenvalue weighted by atomic mass is 16.2. The Morgan fingerprint density at radius 3 is 2.38 bits per heavy atom. The summed E-state index contributed by atoms with van der Waals surface area (Å²) < 4.78 is 0. The zero-order chi connectivity index (χ0) is 22.7. The zero-order valence-corrected chi connectivity index (χ0v) is 18.9. The van der Waals surface area contributed by atoms with Crippen LogP contribution in [0.15, 0.2) is 48.5 Å². The summed E-state index contributed by atoms with van der Waals surface area (Å²) >= 11 is 0. The molecular formula is C26H31N3O3. The van der Waals surface area contributed by atoms with Crippen LogP contribution < -0.4 is 10.2 Å². The number of hydrogen-bond acceptors (Lipinski definition) is 4. The normalized spacial score (nSPS) is 17.6. The zero-order valence-electron chi connectivity index (χ0n) is 18.9. The molecule has 4 rings (SSSR count). The topological polar surface area (TPSA) is 69.7 Å². The van der Waals surface area contributed by atoms with Crippen LogP contribution >= 0.6 is 0 Å². The maximum Gasteiger partial charge on any atom is 0.226 e. The number of hydrogen-bond donors (Lipinski definition) is 1. The van der Waals surface area contributed by atoms with Crippen molar-refractivity contribution in [2.75, 3.05) is 31.1 Å². The second-order valence-corrected chi connectivity index (χ2v) is 8.82. The third kappa shape index (κ3) is 4.46. The fourth-order valence-electron chi connectivity index (χ4n) is 4.99. The maximum atomic E-state index is 13.0. The SMILES string of the molecule is CCC(=O)N1CCc2cc(C(=O)CN3CCC(NC(C)=O)(c4ccccc4)CC3)ccc21. The van der Waals surface area contributed by atoms with Crippen LogP contribution in [0.25, 0.3) is 0 Å². The van der Waals surface area contributed by atoms with Gasteiger partial charge in [0, 0.05) is 44.2 Å². The van der Waals surface area contributed by atoms with Gasteiger partial charge in [-0.25, -0.2) is 0 Å². The van der Waals surface area contributed by atoms with Gasteiger partial charge >= 0.3 is 0 Å². The molecule has 0 saturated carbocycles. The van der Waals surface area contributed by atoms with E-state index in [-0.39, 0.29) is 23.1 Å². The number of piperidine rings is 1. The molecule has 0 radical (unpaired) electrons. The fourth-order valence-corrected chi connectivity index (χ4v) is 4.99. The van der Waals surface area contributed by atoms with E-state index in [9.17, 15) is 14.4 Å². The minimum absolute atomic E-state index is 0.0351. The van der Waals surface area contributed by atoms with E-state index < -0.39 is 0 Å². The van der Waals surface area contributed by atoms with Gasteiger partial charge in [-0.05, 0) is 48.6 Å². The van der Waals surface area contributed by atoms with E-state index in [2.05, 4.69) is 22.3 Å². The molecule has 0 atom stereocenters. The second-order valence-electron chi connectivity index (χ2n) is 8.82. The van der Waals surface area contributed by atoms with Crippen LogP contribution in [0.4, 0.5) is 5.69 Å². The van der Waals surface area contributed by atoms with E-state index in [0.717, 1.165) is 49.2 Å². The Morgan fingerprint density at radius 1 is 1.00 bits per heavy atom. The summed E-state index contributed by atoms with van der Waals surface area (Å²) in [4.78, 5) is 41.0. The molecule has 2 aliphatic rings. The van der Waals surface area contributed by atoms with Gasteiger partial charge in [-0.2, -0.15) is 0 Å². The lowest BCUT2D eigenvalue weighted by Gasteiger charge is -2.42. The largest absolute Gasteiger partial charge is 0.347 e. The number of carbonyl (C=O) groups is 3. The van der Waals surface area contributed by atoms with Gasteiger partial charge in [-0.15, -0.1) is 0 Å². The van der Waals surface area contributed by atoms with Crippen LogP contribution in [-0.4, -0.2) is 48.7 Å². The van der Waals surface area contributed by atoms with Crippen molar-refractivity contribution in [1.29, 1.82) is 0 Å². The predicted octanol–water partition coefficient (Wildman–Crippen LogP) is 3.30. The summed E-state index contributed by atoms with van der Waals surface area (Å²) in [5.41, 5.74) is 3.46. The number of carbonyl (C=O) groups excluding carboxylic acids is 3. The number of anilines is 1. The second kappa shape index (κ2) is 9.25. The van der Waals surface area contributed by atoms with Gasteiger partial charge in [0.25, 0.3) is 0 Å². The highest BCUT2D eigenvalue weighted by Gasteiger charge is 2.37. The molecule has 6 heteroatoms. The highest BCUT2D eigenvalue weighted by Crippen LogP contribution is 2.33. The van der Waals surface area contributed by atoms with E-state index in [4.69, 9.17) is 0 Å². The minimum Gasteiger partial charge on any atom is -0.347 e. The Hall–Kier alpha value is -2.99. The molecule has 0 unspecified atom stereocenters. The van der Waals surface area contributed by atoms with Crippen molar-refractivity contribution in [3.63, 3.8) is 0 Å². The monoisotopic (exact) mass is 433 g/mol. The van der Waals surface area contributed by atoms with Gasteiger partial charge in [-0.3, -0.25) is 19.3 Å². The first kappa shape index (κ1) is 22.2. The Balaban J connectivity index is 1.41.